The highest BCUT2D eigenvalue weighted by Crippen LogP contribution is 2.06. The van der Waals surface area contributed by atoms with Gasteiger partial charge in [-0.25, -0.2) is 0 Å². The van der Waals surface area contributed by atoms with E-state index in [4.69, 9.17) is 0 Å². The smallest absolute Gasteiger partial charge is 0.244 e. The summed E-state index contributed by atoms with van der Waals surface area (Å²) in [4.78, 5) is 10.6. The molecule has 0 aliphatic heterocycles. The van der Waals surface area contributed by atoms with E-state index in [0.29, 0.717) is 18.3 Å². The molecule has 2 rings (SSSR count). The van der Waals surface area contributed by atoms with Crippen molar-refractivity contribution < 1.29 is 0 Å². The fourth-order valence-corrected chi connectivity index (χ4v) is 1.75. The molecule has 0 fully saturated rings. The number of hydrogen-bond acceptors (Lipinski definition) is 7. The van der Waals surface area contributed by atoms with Crippen LogP contribution in [0.15, 0.2) is 30.7 Å². The Bertz CT molecular complexity index is 530. The molecule has 2 heterocycles. The fraction of sp³-hybridized carbons (Fsp3) is 0.429. The Hall–Kier alpha value is -2.28. The maximum absolute atomic E-state index is 4.37. The van der Waals surface area contributed by atoms with Crippen molar-refractivity contribution in [3.8, 4) is 0 Å². The molecule has 7 nitrogen and oxygen atoms in total. The van der Waals surface area contributed by atoms with Crippen molar-refractivity contribution in [1.82, 2.24) is 25.1 Å². The molecule has 0 aliphatic carbocycles. The molecule has 0 bridgehead atoms. The summed E-state index contributed by atoms with van der Waals surface area (Å²) >= 11 is 0. The minimum absolute atomic E-state index is 0.546. The average Bonchev–Trinajstić information content (AvgIpc) is 2.51. The summed E-state index contributed by atoms with van der Waals surface area (Å²) in [5.74, 6) is 1.24. The predicted molar refractivity (Wildman–Crippen MR) is 83.1 cm³/mol. The number of nitrogens with zero attached hydrogens (tertiary/aromatic N) is 5. The SMILES string of the molecule is CN(C)CCCNc1nncc(NCc2cccnc2)n1. The van der Waals surface area contributed by atoms with Gasteiger partial charge in [0, 0.05) is 25.5 Å². The second kappa shape index (κ2) is 8.11. The van der Waals surface area contributed by atoms with Crippen molar-refractivity contribution >= 4 is 11.8 Å². The van der Waals surface area contributed by atoms with Gasteiger partial charge in [0.1, 0.15) is 0 Å². The Morgan fingerprint density at radius 3 is 2.86 bits per heavy atom. The van der Waals surface area contributed by atoms with Crippen LogP contribution >= 0.6 is 0 Å². The molecule has 2 aromatic rings. The molecule has 112 valence electrons. The van der Waals surface area contributed by atoms with E-state index in [9.17, 15) is 0 Å². The van der Waals surface area contributed by atoms with E-state index in [0.717, 1.165) is 25.1 Å². The zero-order chi connectivity index (χ0) is 14.9. The third-order valence-corrected chi connectivity index (χ3v) is 2.82. The highest BCUT2D eigenvalue weighted by molar-refractivity contribution is 5.37. The molecule has 2 aromatic heterocycles. The van der Waals surface area contributed by atoms with Gasteiger partial charge in [0.05, 0.1) is 6.20 Å². The maximum Gasteiger partial charge on any atom is 0.244 e. The summed E-state index contributed by atoms with van der Waals surface area (Å²) in [6.45, 7) is 2.51. The second-order valence-corrected chi connectivity index (χ2v) is 4.96. The molecule has 21 heavy (non-hydrogen) atoms. The van der Waals surface area contributed by atoms with Crippen LogP contribution in [0.5, 0.6) is 0 Å². The lowest BCUT2D eigenvalue weighted by molar-refractivity contribution is 0.405. The van der Waals surface area contributed by atoms with Crippen LogP contribution in [-0.2, 0) is 6.54 Å². The van der Waals surface area contributed by atoms with Crippen molar-refractivity contribution in [2.24, 2.45) is 0 Å². The van der Waals surface area contributed by atoms with E-state index in [1.807, 2.05) is 18.3 Å². The molecule has 0 radical (unpaired) electrons. The highest BCUT2D eigenvalue weighted by atomic mass is 15.3. The number of nitrogens with one attached hydrogen (secondary N) is 2. The van der Waals surface area contributed by atoms with Gasteiger partial charge in [0.25, 0.3) is 0 Å². The summed E-state index contributed by atoms with van der Waals surface area (Å²) in [6, 6.07) is 3.92. The van der Waals surface area contributed by atoms with E-state index in [1.165, 1.54) is 0 Å². The predicted octanol–water partition coefficient (Wildman–Crippen LogP) is 1.24. The first-order chi connectivity index (χ1) is 10.2. The van der Waals surface area contributed by atoms with Gasteiger partial charge in [-0.2, -0.15) is 10.1 Å². The Labute approximate surface area is 124 Å². The number of pyridine rings is 1. The molecule has 0 saturated carbocycles. The van der Waals surface area contributed by atoms with Gasteiger partial charge < -0.3 is 15.5 Å². The quantitative estimate of drug-likeness (QED) is 0.707. The van der Waals surface area contributed by atoms with Crippen LogP contribution < -0.4 is 10.6 Å². The Kier molecular flexibility index (Phi) is 5.83. The van der Waals surface area contributed by atoms with Gasteiger partial charge in [0.15, 0.2) is 5.82 Å². The van der Waals surface area contributed by atoms with Crippen LogP contribution in [0.25, 0.3) is 0 Å². The number of aromatic nitrogens is 4. The van der Waals surface area contributed by atoms with Gasteiger partial charge in [-0.1, -0.05) is 6.07 Å². The maximum atomic E-state index is 4.37. The van der Waals surface area contributed by atoms with Crippen molar-refractivity contribution in [3.63, 3.8) is 0 Å². The van der Waals surface area contributed by atoms with Crippen molar-refractivity contribution in [2.45, 2.75) is 13.0 Å². The number of hydrogen-bond donors (Lipinski definition) is 2. The van der Waals surface area contributed by atoms with Gasteiger partial charge in [-0.15, -0.1) is 5.10 Å². The Morgan fingerprint density at radius 1 is 1.19 bits per heavy atom. The zero-order valence-corrected chi connectivity index (χ0v) is 12.5. The largest absolute Gasteiger partial charge is 0.364 e. The average molecular weight is 287 g/mol. The summed E-state index contributed by atoms with van der Waals surface area (Å²) in [6.07, 6.45) is 6.22. The van der Waals surface area contributed by atoms with E-state index in [2.05, 4.69) is 49.8 Å². The van der Waals surface area contributed by atoms with E-state index in [-0.39, 0.29) is 0 Å². The van der Waals surface area contributed by atoms with Gasteiger partial charge in [-0.3, -0.25) is 4.98 Å². The normalized spacial score (nSPS) is 10.6. The first kappa shape index (κ1) is 15.1. The molecule has 7 heteroatoms. The molecule has 2 N–H and O–H groups in total. The Morgan fingerprint density at radius 2 is 2.10 bits per heavy atom. The molecule has 0 saturated heterocycles. The summed E-state index contributed by atoms with van der Waals surface area (Å²) < 4.78 is 0. The monoisotopic (exact) mass is 287 g/mol. The number of anilines is 2. The first-order valence-electron chi connectivity index (χ1n) is 6.95. The fourth-order valence-electron chi connectivity index (χ4n) is 1.75. The summed E-state index contributed by atoms with van der Waals surface area (Å²) in [5, 5.41) is 14.3. The van der Waals surface area contributed by atoms with Crippen molar-refractivity contribution in [2.75, 3.05) is 37.8 Å². The molecular formula is C14H21N7. The van der Waals surface area contributed by atoms with Gasteiger partial charge >= 0.3 is 0 Å². The molecular weight excluding hydrogens is 266 g/mol. The summed E-state index contributed by atoms with van der Waals surface area (Å²) in [5.41, 5.74) is 1.09. The van der Waals surface area contributed by atoms with Crippen LogP contribution in [0.1, 0.15) is 12.0 Å². The highest BCUT2D eigenvalue weighted by Gasteiger charge is 2.00. The van der Waals surface area contributed by atoms with Gasteiger partial charge in [-0.05, 0) is 38.7 Å². The van der Waals surface area contributed by atoms with Crippen LogP contribution in [-0.4, -0.2) is 52.3 Å². The molecule has 0 amide bonds. The lowest BCUT2D eigenvalue weighted by Crippen LogP contribution is -2.17. The Balaban J connectivity index is 1.80. The summed E-state index contributed by atoms with van der Waals surface area (Å²) in [7, 11) is 4.11. The first-order valence-corrected chi connectivity index (χ1v) is 6.95. The van der Waals surface area contributed by atoms with Crippen molar-refractivity contribution in [1.29, 1.82) is 0 Å². The zero-order valence-electron chi connectivity index (χ0n) is 12.5. The molecule has 0 unspecified atom stereocenters. The van der Waals surface area contributed by atoms with E-state index < -0.39 is 0 Å². The topological polar surface area (TPSA) is 78.9 Å². The lowest BCUT2D eigenvalue weighted by Gasteiger charge is -2.10. The van der Waals surface area contributed by atoms with Crippen molar-refractivity contribution in [3.05, 3.63) is 36.3 Å². The molecule has 0 spiro atoms. The molecule has 0 aliphatic rings. The standard InChI is InChI=1S/C14H21N7/c1-21(2)8-4-7-16-14-19-13(11-18-20-14)17-10-12-5-3-6-15-9-12/h3,5-6,9,11H,4,7-8,10H2,1-2H3,(H2,16,17,19,20). The molecule has 0 aromatic carbocycles. The van der Waals surface area contributed by atoms with Crippen LogP contribution in [0.4, 0.5) is 11.8 Å². The lowest BCUT2D eigenvalue weighted by atomic mass is 10.3. The minimum Gasteiger partial charge on any atom is -0.364 e. The number of rotatable bonds is 8. The molecule has 0 atom stereocenters. The third kappa shape index (κ3) is 5.70. The van der Waals surface area contributed by atoms with Crippen LogP contribution in [0, 0.1) is 0 Å². The third-order valence-electron chi connectivity index (χ3n) is 2.82. The minimum atomic E-state index is 0.546. The van der Waals surface area contributed by atoms with E-state index in [1.54, 1.807) is 12.4 Å². The van der Waals surface area contributed by atoms with E-state index >= 15 is 0 Å². The van der Waals surface area contributed by atoms with Crippen LogP contribution in [0.3, 0.4) is 0 Å². The van der Waals surface area contributed by atoms with Crippen LogP contribution in [0.2, 0.25) is 0 Å². The van der Waals surface area contributed by atoms with Gasteiger partial charge in [0.2, 0.25) is 5.95 Å². The second-order valence-electron chi connectivity index (χ2n) is 4.96.